The van der Waals surface area contributed by atoms with Crippen molar-refractivity contribution in [3.8, 4) is 5.75 Å². The molecule has 2 aromatic carbocycles. The molecule has 30 heavy (non-hydrogen) atoms. The van der Waals surface area contributed by atoms with Crippen molar-refractivity contribution in [3.05, 3.63) is 59.4 Å². The van der Waals surface area contributed by atoms with Gasteiger partial charge in [0.05, 0.1) is 4.90 Å². The number of benzene rings is 2. The highest BCUT2D eigenvalue weighted by Gasteiger charge is 2.30. The maximum atomic E-state index is 13.6. The van der Waals surface area contributed by atoms with E-state index in [1.54, 1.807) is 18.2 Å². The van der Waals surface area contributed by atoms with Gasteiger partial charge in [-0.2, -0.15) is 4.31 Å². The summed E-state index contributed by atoms with van der Waals surface area (Å²) >= 11 is 0. The Morgan fingerprint density at radius 3 is 2.53 bits per heavy atom. The van der Waals surface area contributed by atoms with Gasteiger partial charge in [0.15, 0.2) is 11.6 Å². The van der Waals surface area contributed by atoms with E-state index in [0.29, 0.717) is 37.6 Å². The van der Waals surface area contributed by atoms with Crippen LogP contribution in [0.2, 0.25) is 0 Å². The number of halogens is 1. The number of sulfonamides is 1. The average Bonchev–Trinajstić information content (AvgIpc) is 3.21. The molecular weight excluding hydrogens is 407 g/mol. The predicted molar refractivity (Wildman–Crippen MR) is 112 cm³/mol. The van der Waals surface area contributed by atoms with Gasteiger partial charge < -0.3 is 9.84 Å². The highest BCUT2D eigenvalue weighted by atomic mass is 32.2. The van der Waals surface area contributed by atoms with E-state index in [4.69, 9.17) is 4.74 Å². The molecular formula is C22H27FN2O4S. The first-order valence-corrected chi connectivity index (χ1v) is 11.8. The first-order chi connectivity index (χ1) is 14.4. The van der Waals surface area contributed by atoms with E-state index in [9.17, 15) is 17.9 Å². The Labute approximate surface area is 176 Å². The molecule has 1 unspecified atom stereocenters. The molecule has 1 heterocycles. The number of para-hydroxylation sites is 1. The monoisotopic (exact) mass is 434 g/mol. The molecule has 4 rings (SSSR count). The fourth-order valence-electron chi connectivity index (χ4n) is 4.11. The highest BCUT2D eigenvalue weighted by Crippen LogP contribution is 2.26. The molecule has 1 aliphatic heterocycles. The van der Waals surface area contributed by atoms with Crippen molar-refractivity contribution in [1.82, 2.24) is 9.21 Å². The van der Waals surface area contributed by atoms with Gasteiger partial charge in [-0.25, -0.2) is 12.8 Å². The van der Waals surface area contributed by atoms with Crippen molar-refractivity contribution in [1.29, 1.82) is 0 Å². The summed E-state index contributed by atoms with van der Waals surface area (Å²) < 4.78 is 46.5. The van der Waals surface area contributed by atoms with E-state index in [1.165, 1.54) is 22.0 Å². The van der Waals surface area contributed by atoms with Gasteiger partial charge in [0, 0.05) is 32.7 Å². The van der Waals surface area contributed by atoms with Crippen LogP contribution >= 0.6 is 0 Å². The number of nitrogens with zero attached hydrogens (tertiary/aromatic N) is 2. The van der Waals surface area contributed by atoms with Crippen LogP contribution in [0.3, 0.4) is 0 Å². The van der Waals surface area contributed by atoms with E-state index in [2.05, 4.69) is 0 Å². The van der Waals surface area contributed by atoms with Crippen LogP contribution in [0.15, 0.2) is 47.4 Å². The number of ether oxygens (including phenoxy) is 1. The van der Waals surface area contributed by atoms with Crippen LogP contribution in [0.5, 0.6) is 5.75 Å². The fourth-order valence-corrected chi connectivity index (χ4v) is 5.58. The molecule has 0 radical (unpaired) electrons. The lowest BCUT2D eigenvalue weighted by Crippen LogP contribution is -2.50. The van der Waals surface area contributed by atoms with E-state index in [-0.39, 0.29) is 12.4 Å². The molecule has 0 amide bonds. The molecule has 0 bridgehead atoms. The van der Waals surface area contributed by atoms with Crippen molar-refractivity contribution in [3.63, 3.8) is 0 Å². The quantitative estimate of drug-likeness (QED) is 0.723. The Bertz CT molecular complexity index is 990. The minimum Gasteiger partial charge on any atom is -0.488 e. The summed E-state index contributed by atoms with van der Waals surface area (Å²) in [7, 11) is -3.51. The average molecular weight is 435 g/mol. The van der Waals surface area contributed by atoms with E-state index in [1.807, 2.05) is 17.0 Å². The van der Waals surface area contributed by atoms with Gasteiger partial charge in [-0.1, -0.05) is 18.2 Å². The number of piperazine rings is 1. The van der Waals surface area contributed by atoms with E-state index >= 15 is 0 Å². The zero-order valence-corrected chi connectivity index (χ0v) is 17.7. The lowest BCUT2D eigenvalue weighted by Gasteiger charge is -2.34. The molecule has 2 aliphatic rings. The van der Waals surface area contributed by atoms with Crippen LogP contribution in [0.1, 0.15) is 17.5 Å². The van der Waals surface area contributed by atoms with Crippen molar-refractivity contribution in [2.24, 2.45) is 0 Å². The van der Waals surface area contributed by atoms with Crippen molar-refractivity contribution < 1.29 is 22.7 Å². The Hall–Kier alpha value is -2.00. The maximum absolute atomic E-state index is 13.6. The Morgan fingerprint density at radius 1 is 1.03 bits per heavy atom. The topological polar surface area (TPSA) is 70.1 Å². The number of hydrogen-bond acceptors (Lipinski definition) is 5. The second kappa shape index (κ2) is 9.01. The third-order valence-corrected chi connectivity index (χ3v) is 7.67. The fraction of sp³-hybridized carbons (Fsp3) is 0.455. The zero-order chi connectivity index (χ0) is 21.1. The zero-order valence-electron chi connectivity index (χ0n) is 16.8. The van der Waals surface area contributed by atoms with Crippen molar-refractivity contribution >= 4 is 10.0 Å². The standard InChI is InChI=1S/C22H27FN2O4S/c23-21-6-1-2-7-22(21)29-16-19(26)15-24-10-12-25(13-11-24)30(27,28)20-9-8-17-4-3-5-18(17)14-20/h1-2,6-9,14,19,26H,3-5,10-13,15-16H2. The second-order valence-corrected chi connectivity index (χ2v) is 9.82. The highest BCUT2D eigenvalue weighted by molar-refractivity contribution is 7.89. The Kier molecular flexibility index (Phi) is 6.38. The normalized spacial score (nSPS) is 18.9. The van der Waals surface area contributed by atoms with Crippen LogP contribution in [0.4, 0.5) is 4.39 Å². The van der Waals surface area contributed by atoms with Crippen molar-refractivity contribution in [2.45, 2.75) is 30.3 Å². The molecule has 1 saturated heterocycles. The molecule has 0 spiro atoms. The lowest BCUT2D eigenvalue weighted by atomic mass is 10.1. The molecule has 1 N–H and O–H groups in total. The Morgan fingerprint density at radius 2 is 1.77 bits per heavy atom. The first kappa shape index (κ1) is 21.2. The number of hydrogen-bond donors (Lipinski definition) is 1. The number of aliphatic hydroxyl groups excluding tert-OH is 1. The summed E-state index contributed by atoms with van der Waals surface area (Å²) in [6, 6.07) is 11.6. The van der Waals surface area contributed by atoms with Gasteiger partial charge in [0.25, 0.3) is 0 Å². The van der Waals surface area contributed by atoms with Crippen LogP contribution in [0, 0.1) is 5.82 Å². The van der Waals surface area contributed by atoms with Gasteiger partial charge >= 0.3 is 0 Å². The number of fused-ring (bicyclic) bond motifs is 1. The molecule has 1 atom stereocenters. The smallest absolute Gasteiger partial charge is 0.243 e. The maximum Gasteiger partial charge on any atom is 0.243 e. The number of rotatable bonds is 7. The molecule has 8 heteroatoms. The Balaban J connectivity index is 1.28. The van der Waals surface area contributed by atoms with Gasteiger partial charge in [0.1, 0.15) is 12.7 Å². The van der Waals surface area contributed by atoms with Gasteiger partial charge in [-0.05, 0) is 54.7 Å². The summed E-state index contributed by atoms with van der Waals surface area (Å²) in [5, 5.41) is 10.2. The van der Waals surface area contributed by atoms with E-state index < -0.39 is 21.9 Å². The minimum atomic E-state index is -3.51. The summed E-state index contributed by atoms with van der Waals surface area (Å²) in [5.41, 5.74) is 2.40. The molecule has 2 aromatic rings. The predicted octanol–water partition coefficient (Wildman–Crippen LogP) is 2.06. The molecule has 0 saturated carbocycles. The van der Waals surface area contributed by atoms with Crippen LogP contribution in [-0.4, -0.2) is 68.2 Å². The summed E-state index contributed by atoms with van der Waals surface area (Å²) in [5.74, 6) is -0.350. The molecule has 6 nitrogen and oxygen atoms in total. The van der Waals surface area contributed by atoms with Gasteiger partial charge in [-0.15, -0.1) is 0 Å². The largest absolute Gasteiger partial charge is 0.488 e. The molecule has 162 valence electrons. The number of aryl methyl sites for hydroxylation is 2. The molecule has 1 aliphatic carbocycles. The molecule has 0 aromatic heterocycles. The van der Waals surface area contributed by atoms with Crippen LogP contribution in [0.25, 0.3) is 0 Å². The number of β-amino-alcohol motifs (C(OH)–C–C–N with tert-alkyl or cyclic N) is 1. The third-order valence-electron chi connectivity index (χ3n) is 5.78. The summed E-state index contributed by atoms with van der Waals surface area (Å²) in [4.78, 5) is 2.37. The van der Waals surface area contributed by atoms with Crippen LogP contribution < -0.4 is 4.74 Å². The second-order valence-electron chi connectivity index (χ2n) is 7.88. The van der Waals surface area contributed by atoms with Gasteiger partial charge in [-0.3, -0.25) is 4.90 Å². The third kappa shape index (κ3) is 4.67. The molecule has 1 fully saturated rings. The van der Waals surface area contributed by atoms with Crippen molar-refractivity contribution in [2.75, 3.05) is 39.3 Å². The number of aliphatic hydroxyl groups is 1. The summed E-state index contributed by atoms with van der Waals surface area (Å²) in [6.07, 6.45) is 2.27. The first-order valence-electron chi connectivity index (χ1n) is 10.3. The van der Waals surface area contributed by atoms with Gasteiger partial charge in [0.2, 0.25) is 10.0 Å². The van der Waals surface area contributed by atoms with Crippen LogP contribution in [-0.2, 0) is 22.9 Å². The lowest BCUT2D eigenvalue weighted by molar-refractivity contribution is 0.0557. The summed E-state index contributed by atoms with van der Waals surface area (Å²) in [6.45, 7) is 2.14. The SMILES string of the molecule is O=S(=O)(c1ccc2c(c1)CCC2)N1CCN(CC(O)COc2ccccc2F)CC1. The minimum absolute atomic E-state index is 0.0193. The van der Waals surface area contributed by atoms with E-state index in [0.717, 1.165) is 24.8 Å².